The molecule has 0 aromatic carbocycles. The van der Waals surface area contributed by atoms with E-state index in [9.17, 15) is 10.2 Å². The van der Waals surface area contributed by atoms with E-state index < -0.39 is 12.1 Å². The number of fused-ring (bicyclic) bond motifs is 1. The molecule has 3 aromatic rings. The number of aromatic nitrogens is 6. The van der Waals surface area contributed by atoms with E-state index >= 15 is 0 Å². The Hall–Kier alpha value is -2.36. The number of halogens is 1. The van der Waals surface area contributed by atoms with Gasteiger partial charge in [-0.2, -0.15) is 0 Å². The standard InChI is InChI=1S/C19H24ClN7O2/c1-19(2,3)18-22-16(26-8-6-13(29)12(26)10-28)14-17(23-18)27(25-24-14)9-11-5-4-7-21-15(11)20/h4-5,7,12-13,28-29H,6,8-10H2,1-3H3/t12-,13-/m0/s1. The molecule has 2 N–H and O–H groups in total. The highest BCUT2D eigenvalue weighted by molar-refractivity contribution is 6.30. The maximum atomic E-state index is 10.2. The summed E-state index contributed by atoms with van der Waals surface area (Å²) in [6, 6.07) is 3.27. The molecule has 0 unspecified atom stereocenters. The van der Waals surface area contributed by atoms with E-state index in [2.05, 4.69) is 15.3 Å². The van der Waals surface area contributed by atoms with Gasteiger partial charge in [-0.1, -0.05) is 43.7 Å². The molecule has 1 aliphatic heterocycles. The first-order valence-corrected chi connectivity index (χ1v) is 9.94. The van der Waals surface area contributed by atoms with Crippen molar-refractivity contribution in [1.82, 2.24) is 29.9 Å². The molecule has 0 spiro atoms. The van der Waals surface area contributed by atoms with Gasteiger partial charge in [0.15, 0.2) is 17.0 Å². The third-order valence-corrected chi connectivity index (χ3v) is 5.48. The van der Waals surface area contributed by atoms with Crippen LogP contribution in [0.5, 0.6) is 0 Å². The van der Waals surface area contributed by atoms with Gasteiger partial charge in [-0.3, -0.25) is 0 Å². The number of nitrogens with zero attached hydrogens (tertiary/aromatic N) is 7. The maximum absolute atomic E-state index is 10.2. The third kappa shape index (κ3) is 3.65. The Balaban J connectivity index is 1.86. The topological polar surface area (TPSA) is 113 Å². The van der Waals surface area contributed by atoms with Gasteiger partial charge in [0.05, 0.1) is 25.3 Å². The van der Waals surface area contributed by atoms with E-state index in [1.54, 1.807) is 10.9 Å². The van der Waals surface area contributed by atoms with E-state index in [-0.39, 0.29) is 12.0 Å². The Morgan fingerprint density at radius 3 is 2.76 bits per heavy atom. The van der Waals surface area contributed by atoms with Crippen molar-refractivity contribution >= 4 is 28.6 Å². The highest BCUT2D eigenvalue weighted by Crippen LogP contribution is 2.32. The Morgan fingerprint density at radius 1 is 1.28 bits per heavy atom. The molecule has 1 aliphatic rings. The largest absolute Gasteiger partial charge is 0.394 e. The molecular formula is C19H24ClN7O2. The van der Waals surface area contributed by atoms with Crippen LogP contribution in [-0.4, -0.2) is 65.5 Å². The average Bonchev–Trinajstić information content (AvgIpc) is 3.25. The number of pyridine rings is 1. The van der Waals surface area contributed by atoms with Crippen molar-refractivity contribution in [3.8, 4) is 0 Å². The number of aliphatic hydroxyl groups is 2. The van der Waals surface area contributed by atoms with Crippen LogP contribution in [-0.2, 0) is 12.0 Å². The molecule has 0 radical (unpaired) electrons. The highest BCUT2D eigenvalue weighted by Gasteiger charge is 2.36. The fourth-order valence-corrected chi connectivity index (χ4v) is 3.68. The van der Waals surface area contributed by atoms with Crippen molar-refractivity contribution < 1.29 is 10.2 Å². The minimum Gasteiger partial charge on any atom is -0.394 e. The van der Waals surface area contributed by atoms with E-state index in [4.69, 9.17) is 21.6 Å². The summed E-state index contributed by atoms with van der Waals surface area (Å²) in [5.41, 5.74) is 1.61. The Morgan fingerprint density at radius 2 is 2.07 bits per heavy atom. The van der Waals surface area contributed by atoms with Crippen LogP contribution in [0.25, 0.3) is 11.2 Å². The normalized spacial score (nSPS) is 20.0. The predicted molar refractivity (Wildman–Crippen MR) is 109 cm³/mol. The number of hydrogen-bond donors (Lipinski definition) is 2. The molecule has 4 heterocycles. The van der Waals surface area contributed by atoms with Crippen molar-refractivity contribution in [2.24, 2.45) is 0 Å². The van der Waals surface area contributed by atoms with Gasteiger partial charge in [0.25, 0.3) is 0 Å². The van der Waals surface area contributed by atoms with Crippen LogP contribution in [0.1, 0.15) is 38.6 Å². The molecule has 3 aromatic heterocycles. The van der Waals surface area contributed by atoms with Crippen LogP contribution in [0.15, 0.2) is 18.3 Å². The van der Waals surface area contributed by atoms with Gasteiger partial charge in [0.2, 0.25) is 0 Å². The van der Waals surface area contributed by atoms with Crippen LogP contribution in [0.2, 0.25) is 5.15 Å². The molecule has 29 heavy (non-hydrogen) atoms. The zero-order valence-corrected chi connectivity index (χ0v) is 17.4. The minimum absolute atomic E-state index is 0.170. The zero-order chi connectivity index (χ0) is 20.8. The summed E-state index contributed by atoms with van der Waals surface area (Å²) in [5.74, 6) is 1.22. The summed E-state index contributed by atoms with van der Waals surface area (Å²) < 4.78 is 1.68. The van der Waals surface area contributed by atoms with Crippen molar-refractivity contribution in [3.05, 3.63) is 34.9 Å². The van der Waals surface area contributed by atoms with Crippen LogP contribution in [0.4, 0.5) is 5.82 Å². The lowest BCUT2D eigenvalue weighted by molar-refractivity contribution is 0.128. The summed E-state index contributed by atoms with van der Waals surface area (Å²) >= 11 is 6.22. The van der Waals surface area contributed by atoms with E-state index in [0.717, 1.165) is 5.56 Å². The van der Waals surface area contributed by atoms with Gasteiger partial charge in [0.1, 0.15) is 11.0 Å². The van der Waals surface area contributed by atoms with E-state index in [1.165, 1.54) is 0 Å². The predicted octanol–water partition coefficient (Wildman–Crippen LogP) is 1.55. The van der Waals surface area contributed by atoms with Crippen LogP contribution in [0, 0.1) is 0 Å². The zero-order valence-electron chi connectivity index (χ0n) is 16.6. The Bertz CT molecular complexity index is 1030. The smallest absolute Gasteiger partial charge is 0.184 e. The second kappa shape index (κ2) is 7.47. The highest BCUT2D eigenvalue weighted by atomic mass is 35.5. The van der Waals surface area contributed by atoms with Crippen molar-refractivity contribution in [3.63, 3.8) is 0 Å². The molecule has 154 valence electrons. The van der Waals surface area contributed by atoms with Crippen LogP contribution in [0.3, 0.4) is 0 Å². The molecule has 9 nitrogen and oxygen atoms in total. The van der Waals surface area contributed by atoms with Gasteiger partial charge in [0, 0.05) is 23.7 Å². The molecule has 0 aliphatic carbocycles. The quantitative estimate of drug-likeness (QED) is 0.614. The monoisotopic (exact) mass is 417 g/mol. The minimum atomic E-state index is -0.618. The molecule has 0 saturated carbocycles. The molecule has 0 bridgehead atoms. The fraction of sp³-hybridized carbons (Fsp3) is 0.526. The first-order valence-electron chi connectivity index (χ1n) is 9.56. The Kier molecular flexibility index (Phi) is 5.14. The number of aliphatic hydroxyl groups excluding tert-OH is 2. The summed E-state index contributed by atoms with van der Waals surface area (Å²) in [5, 5.41) is 29.1. The van der Waals surface area contributed by atoms with E-state index in [0.29, 0.717) is 47.5 Å². The van der Waals surface area contributed by atoms with Crippen LogP contribution >= 0.6 is 11.6 Å². The number of anilines is 1. The molecule has 1 fully saturated rings. The third-order valence-electron chi connectivity index (χ3n) is 5.14. The summed E-state index contributed by atoms with van der Waals surface area (Å²) in [6.07, 6.45) is 1.57. The van der Waals surface area contributed by atoms with Gasteiger partial charge >= 0.3 is 0 Å². The molecule has 4 rings (SSSR count). The second-order valence-corrected chi connectivity index (χ2v) is 8.65. The van der Waals surface area contributed by atoms with Gasteiger partial charge < -0.3 is 15.1 Å². The molecule has 0 amide bonds. The average molecular weight is 418 g/mol. The SMILES string of the molecule is CC(C)(C)c1nc(N2CC[C@H](O)[C@@H]2CO)c2nnn(Cc3cccnc3Cl)c2n1. The van der Waals surface area contributed by atoms with Gasteiger partial charge in [-0.25, -0.2) is 19.6 Å². The molecule has 2 atom stereocenters. The second-order valence-electron chi connectivity index (χ2n) is 8.29. The first kappa shape index (κ1) is 19.9. The number of rotatable bonds is 4. The van der Waals surface area contributed by atoms with Crippen molar-refractivity contribution in [2.45, 2.75) is 51.3 Å². The number of hydrogen-bond acceptors (Lipinski definition) is 8. The molecular weight excluding hydrogens is 394 g/mol. The van der Waals surface area contributed by atoms with E-state index in [1.807, 2.05) is 37.8 Å². The molecule has 1 saturated heterocycles. The lowest BCUT2D eigenvalue weighted by Crippen LogP contribution is -2.39. The summed E-state index contributed by atoms with van der Waals surface area (Å²) in [6.45, 7) is 6.88. The lowest BCUT2D eigenvalue weighted by atomic mass is 9.95. The lowest BCUT2D eigenvalue weighted by Gasteiger charge is -2.27. The van der Waals surface area contributed by atoms with Gasteiger partial charge in [-0.05, 0) is 12.5 Å². The summed E-state index contributed by atoms with van der Waals surface area (Å²) in [4.78, 5) is 15.5. The maximum Gasteiger partial charge on any atom is 0.184 e. The fourth-order valence-electron chi connectivity index (χ4n) is 3.50. The van der Waals surface area contributed by atoms with Gasteiger partial charge in [-0.15, -0.1) is 5.10 Å². The Labute approximate surface area is 173 Å². The summed E-state index contributed by atoms with van der Waals surface area (Å²) in [7, 11) is 0. The van der Waals surface area contributed by atoms with Crippen molar-refractivity contribution in [2.75, 3.05) is 18.1 Å². The van der Waals surface area contributed by atoms with Crippen LogP contribution < -0.4 is 4.90 Å². The first-order chi connectivity index (χ1) is 13.8. The van der Waals surface area contributed by atoms with Crippen molar-refractivity contribution in [1.29, 1.82) is 0 Å². The molecule has 10 heteroatoms.